The average molecular weight is 330 g/mol. The molecule has 2 heterocycles. The van der Waals surface area contributed by atoms with Gasteiger partial charge in [-0.2, -0.15) is 0 Å². The Morgan fingerprint density at radius 1 is 1.27 bits per heavy atom. The van der Waals surface area contributed by atoms with Crippen LogP contribution in [0.25, 0.3) is 6.08 Å². The van der Waals surface area contributed by atoms with Crippen LogP contribution in [0, 0.1) is 5.41 Å². The monoisotopic (exact) mass is 330 g/mol. The number of hydrogen-bond donors (Lipinski definition) is 1. The Bertz CT molecular complexity index is 735. The number of hydrogen-bond acceptors (Lipinski definition) is 6. The molecule has 1 N–H and O–H groups in total. The Morgan fingerprint density at radius 3 is 2.59 bits per heavy atom. The van der Waals surface area contributed by atoms with Crippen molar-refractivity contribution in [1.29, 1.82) is 5.41 Å². The molecular weight excluding hydrogens is 316 g/mol. The van der Waals surface area contributed by atoms with E-state index in [0.717, 1.165) is 23.0 Å². The Hall–Kier alpha value is -2.12. The van der Waals surface area contributed by atoms with Crippen LogP contribution in [0.4, 0.5) is 10.8 Å². The minimum absolute atomic E-state index is 0.191. The second-order valence-corrected chi connectivity index (χ2v) is 6.76. The Labute approximate surface area is 136 Å². The quantitative estimate of drug-likeness (QED) is 0.878. The molecule has 1 amide bonds. The molecule has 1 aromatic carbocycles. The molecule has 3 rings (SSSR count). The summed E-state index contributed by atoms with van der Waals surface area (Å²) in [6, 6.07) is 7.93. The molecule has 112 valence electrons. The van der Waals surface area contributed by atoms with Crippen molar-refractivity contribution in [2.45, 2.75) is 0 Å². The molecule has 5 nitrogen and oxygen atoms in total. The van der Waals surface area contributed by atoms with Crippen molar-refractivity contribution in [3.8, 4) is 0 Å². The minimum atomic E-state index is -0.193. The lowest BCUT2D eigenvalue weighted by Crippen LogP contribution is -2.27. The summed E-state index contributed by atoms with van der Waals surface area (Å²) in [6.45, 7) is 0. The van der Waals surface area contributed by atoms with Crippen LogP contribution in [0.15, 0.2) is 40.7 Å². The molecule has 0 spiro atoms. The lowest BCUT2D eigenvalue weighted by Gasteiger charge is -2.11. The van der Waals surface area contributed by atoms with E-state index in [1.807, 2.05) is 49.3 Å². The zero-order valence-corrected chi connectivity index (χ0v) is 13.7. The fourth-order valence-corrected chi connectivity index (χ4v) is 3.55. The van der Waals surface area contributed by atoms with Gasteiger partial charge >= 0.3 is 0 Å². The molecule has 1 aliphatic heterocycles. The van der Waals surface area contributed by atoms with Gasteiger partial charge in [-0.25, -0.2) is 9.88 Å². The number of nitrogens with one attached hydrogen (secondary N) is 1. The van der Waals surface area contributed by atoms with Crippen molar-refractivity contribution >= 4 is 51.1 Å². The first-order valence-electron chi connectivity index (χ1n) is 6.55. The van der Waals surface area contributed by atoms with Crippen molar-refractivity contribution in [3.63, 3.8) is 0 Å². The SMILES string of the molecule is CN(C)c1ccc(/C=C2\SC(=N)N(c3nccs3)C2=O)cc1. The van der Waals surface area contributed by atoms with Crippen LogP contribution >= 0.6 is 23.1 Å². The normalized spacial score (nSPS) is 16.6. The zero-order chi connectivity index (χ0) is 15.7. The second kappa shape index (κ2) is 5.94. The first kappa shape index (κ1) is 14.8. The highest BCUT2D eigenvalue weighted by Gasteiger charge is 2.34. The van der Waals surface area contributed by atoms with Crippen molar-refractivity contribution in [2.75, 3.05) is 23.9 Å². The summed E-state index contributed by atoms with van der Waals surface area (Å²) in [5.41, 5.74) is 2.04. The minimum Gasteiger partial charge on any atom is -0.378 e. The van der Waals surface area contributed by atoms with Crippen LogP contribution in [-0.4, -0.2) is 30.2 Å². The van der Waals surface area contributed by atoms with Gasteiger partial charge in [0.1, 0.15) is 0 Å². The molecule has 0 aliphatic carbocycles. The summed E-state index contributed by atoms with van der Waals surface area (Å²) < 4.78 is 0. The molecule has 22 heavy (non-hydrogen) atoms. The first-order chi connectivity index (χ1) is 10.6. The van der Waals surface area contributed by atoms with Crippen molar-refractivity contribution in [1.82, 2.24) is 4.98 Å². The highest BCUT2D eigenvalue weighted by molar-refractivity contribution is 8.19. The van der Waals surface area contributed by atoms with Crippen LogP contribution in [-0.2, 0) is 4.79 Å². The summed E-state index contributed by atoms with van der Waals surface area (Å²) in [4.78, 5) is 20.5. The van der Waals surface area contributed by atoms with Crippen LogP contribution in [0.2, 0.25) is 0 Å². The number of anilines is 2. The van der Waals surface area contributed by atoms with Gasteiger partial charge in [0.05, 0.1) is 4.91 Å². The zero-order valence-electron chi connectivity index (χ0n) is 12.1. The van der Waals surface area contributed by atoms with Crippen LogP contribution < -0.4 is 9.80 Å². The van der Waals surface area contributed by atoms with E-state index in [0.29, 0.717) is 10.0 Å². The molecule has 0 bridgehead atoms. The molecule has 0 unspecified atom stereocenters. The predicted octanol–water partition coefficient (Wildman–Crippen LogP) is 3.26. The van der Waals surface area contributed by atoms with E-state index in [1.165, 1.54) is 16.2 Å². The molecule has 7 heteroatoms. The van der Waals surface area contributed by atoms with Gasteiger partial charge in [-0.05, 0) is 35.5 Å². The molecule has 2 aromatic rings. The molecule has 1 saturated heterocycles. The first-order valence-corrected chi connectivity index (χ1v) is 8.25. The highest BCUT2D eigenvalue weighted by atomic mass is 32.2. The summed E-state index contributed by atoms with van der Waals surface area (Å²) in [6.07, 6.45) is 3.45. The van der Waals surface area contributed by atoms with Gasteiger partial charge in [-0.3, -0.25) is 10.2 Å². The number of rotatable bonds is 3. The maximum atomic E-state index is 12.4. The number of amides is 1. The van der Waals surface area contributed by atoms with Gasteiger partial charge in [0.25, 0.3) is 5.91 Å². The lowest BCUT2D eigenvalue weighted by molar-refractivity contribution is -0.113. The number of carbonyl (C=O) groups excluding carboxylic acids is 1. The third kappa shape index (κ3) is 2.77. The number of thioether (sulfide) groups is 1. The molecule has 1 fully saturated rings. The smallest absolute Gasteiger partial charge is 0.273 e. The third-order valence-corrected chi connectivity index (χ3v) is 4.79. The summed E-state index contributed by atoms with van der Waals surface area (Å²) in [5, 5.41) is 10.5. The number of nitrogens with zero attached hydrogens (tertiary/aromatic N) is 3. The van der Waals surface area contributed by atoms with Crippen LogP contribution in [0.1, 0.15) is 5.56 Å². The second-order valence-electron chi connectivity index (χ2n) is 4.86. The largest absolute Gasteiger partial charge is 0.378 e. The number of thiazole rings is 1. The topological polar surface area (TPSA) is 60.3 Å². The highest BCUT2D eigenvalue weighted by Crippen LogP contribution is 2.35. The van der Waals surface area contributed by atoms with E-state index < -0.39 is 0 Å². The van der Waals surface area contributed by atoms with E-state index in [9.17, 15) is 4.79 Å². The van der Waals surface area contributed by atoms with Gasteiger partial charge in [-0.1, -0.05) is 12.1 Å². The van der Waals surface area contributed by atoms with Gasteiger partial charge < -0.3 is 4.90 Å². The number of aromatic nitrogens is 1. The van der Waals surface area contributed by atoms with E-state index in [-0.39, 0.29) is 11.1 Å². The average Bonchev–Trinajstić information content (AvgIpc) is 3.09. The molecule has 1 aromatic heterocycles. The van der Waals surface area contributed by atoms with Gasteiger partial charge in [0.15, 0.2) is 10.3 Å². The number of benzene rings is 1. The number of amidine groups is 1. The fraction of sp³-hybridized carbons (Fsp3) is 0.133. The van der Waals surface area contributed by atoms with E-state index in [4.69, 9.17) is 5.41 Å². The molecular formula is C15H14N4OS2. The van der Waals surface area contributed by atoms with Crippen LogP contribution in [0.3, 0.4) is 0 Å². The maximum Gasteiger partial charge on any atom is 0.273 e. The standard InChI is InChI=1S/C15H14N4OS2/c1-18(2)11-5-3-10(4-6-11)9-12-13(20)19(14(16)22-12)15-17-7-8-21-15/h3-9,16H,1-2H3/b12-9-,16-14?. The van der Waals surface area contributed by atoms with Crippen molar-refractivity contribution < 1.29 is 4.79 Å². The lowest BCUT2D eigenvalue weighted by atomic mass is 10.2. The van der Waals surface area contributed by atoms with Gasteiger partial charge in [-0.15, -0.1) is 11.3 Å². The van der Waals surface area contributed by atoms with Gasteiger partial charge in [0.2, 0.25) is 0 Å². The summed E-state index contributed by atoms with van der Waals surface area (Å²) in [5.74, 6) is -0.193. The molecule has 0 radical (unpaired) electrons. The Morgan fingerprint density at radius 2 is 2.00 bits per heavy atom. The Balaban J connectivity index is 1.86. The van der Waals surface area contributed by atoms with Crippen molar-refractivity contribution in [2.24, 2.45) is 0 Å². The maximum absolute atomic E-state index is 12.4. The summed E-state index contributed by atoms with van der Waals surface area (Å²) in [7, 11) is 3.97. The fourth-order valence-electron chi connectivity index (χ4n) is 2.01. The summed E-state index contributed by atoms with van der Waals surface area (Å²) >= 11 is 2.51. The van der Waals surface area contributed by atoms with Gasteiger partial charge in [0, 0.05) is 31.4 Å². The van der Waals surface area contributed by atoms with Crippen molar-refractivity contribution in [3.05, 3.63) is 46.3 Å². The van der Waals surface area contributed by atoms with E-state index in [1.54, 1.807) is 11.6 Å². The Kier molecular flexibility index (Phi) is 4.00. The number of carbonyl (C=O) groups is 1. The third-order valence-electron chi connectivity index (χ3n) is 3.14. The molecule has 1 aliphatic rings. The predicted molar refractivity (Wildman–Crippen MR) is 93.7 cm³/mol. The van der Waals surface area contributed by atoms with Crippen LogP contribution in [0.5, 0.6) is 0 Å². The molecule has 0 atom stereocenters. The molecule has 0 saturated carbocycles. The van der Waals surface area contributed by atoms with E-state index in [2.05, 4.69) is 4.98 Å². The van der Waals surface area contributed by atoms with E-state index >= 15 is 0 Å².